The van der Waals surface area contributed by atoms with Crippen molar-refractivity contribution in [3.8, 4) is 11.3 Å². The zero-order valence-electron chi connectivity index (χ0n) is 20.4. The summed E-state index contributed by atoms with van der Waals surface area (Å²) in [4.78, 5) is 28.2. The first-order chi connectivity index (χ1) is 18.1. The number of carbonyl (C=O) groups excluding carboxylic acids is 1. The molecule has 1 amide bonds. The molecule has 9 nitrogen and oxygen atoms in total. The van der Waals surface area contributed by atoms with Gasteiger partial charge in [-0.3, -0.25) is 19.8 Å². The molecule has 0 bridgehead atoms. The molecule has 37 heavy (non-hydrogen) atoms. The summed E-state index contributed by atoms with van der Waals surface area (Å²) in [6, 6.07) is 27.6. The number of para-hydroxylation sites is 1. The van der Waals surface area contributed by atoms with Gasteiger partial charge in [0.15, 0.2) is 0 Å². The number of carbonyl (C=O) groups is 1. The molecule has 0 N–H and O–H groups in total. The fourth-order valence-corrected chi connectivity index (χ4v) is 4.84. The lowest BCUT2D eigenvalue weighted by Crippen LogP contribution is -2.50. The minimum atomic E-state index is -0.445. The van der Waals surface area contributed by atoms with Crippen LogP contribution in [0, 0.1) is 10.1 Å². The molecular formula is C28H28N6O3. The maximum atomic E-state index is 13.0. The Balaban J connectivity index is 1.23. The summed E-state index contributed by atoms with van der Waals surface area (Å²) in [6.07, 6.45) is 2.49. The summed E-state index contributed by atoms with van der Waals surface area (Å²) in [5, 5.41) is 19.4. The van der Waals surface area contributed by atoms with Crippen LogP contribution in [-0.2, 0) is 17.8 Å². The summed E-state index contributed by atoms with van der Waals surface area (Å²) < 4.78 is 1.45. The normalized spacial score (nSPS) is 14.9. The topological polar surface area (TPSA) is 97.4 Å². The van der Waals surface area contributed by atoms with Crippen LogP contribution < -0.4 is 0 Å². The second-order valence-corrected chi connectivity index (χ2v) is 9.11. The number of hydrogen-bond acceptors (Lipinski definition) is 6. The van der Waals surface area contributed by atoms with E-state index in [0.29, 0.717) is 24.3 Å². The lowest BCUT2D eigenvalue weighted by atomic mass is 9.96. The van der Waals surface area contributed by atoms with Gasteiger partial charge in [0.2, 0.25) is 5.91 Å². The van der Waals surface area contributed by atoms with Crippen LogP contribution in [-0.4, -0.2) is 61.8 Å². The Kier molecular flexibility index (Phi) is 7.32. The van der Waals surface area contributed by atoms with Crippen LogP contribution in [0.25, 0.3) is 11.3 Å². The summed E-state index contributed by atoms with van der Waals surface area (Å²) >= 11 is 0. The highest BCUT2D eigenvalue weighted by atomic mass is 16.6. The van der Waals surface area contributed by atoms with Gasteiger partial charge in [0.25, 0.3) is 5.69 Å². The maximum absolute atomic E-state index is 13.0. The van der Waals surface area contributed by atoms with Crippen molar-refractivity contribution in [3.63, 3.8) is 0 Å². The number of nitro benzene ring substituents is 1. The van der Waals surface area contributed by atoms with E-state index in [2.05, 4.69) is 63.7 Å². The molecule has 1 aliphatic heterocycles. The highest BCUT2D eigenvalue weighted by Crippen LogP contribution is 2.28. The van der Waals surface area contributed by atoms with Crippen LogP contribution in [0.1, 0.15) is 17.2 Å². The van der Waals surface area contributed by atoms with Crippen LogP contribution in [0.3, 0.4) is 0 Å². The molecule has 3 aromatic carbocycles. The van der Waals surface area contributed by atoms with Gasteiger partial charge in [0.05, 0.1) is 16.7 Å². The fraction of sp³-hybridized carbons (Fsp3) is 0.250. The average molecular weight is 497 g/mol. The van der Waals surface area contributed by atoms with E-state index in [1.165, 1.54) is 21.9 Å². The molecule has 0 radical (unpaired) electrons. The Morgan fingerprint density at radius 2 is 1.54 bits per heavy atom. The summed E-state index contributed by atoms with van der Waals surface area (Å²) in [5.41, 5.74) is 3.27. The van der Waals surface area contributed by atoms with E-state index >= 15 is 0 Å². The van der Waals surface area contributed by atoms with Crippen LogP contribution >= 0.6 is 0 Å². The number of hydrogen-bond donors (Lipinski definition) is 0. The number of aromatic nitrogens is 3. The molecule has 0 aliphatic carbocycles. The molecule has 9 heteroatoms. The Labute approximate surface area is 215 Å². The highest BCUT2D eigenvalue weighted by molar-refractivity contribution is 5.76. The molecule has 0 unspecified atom stereocenters. The number of amides is 1. The van der Waals surface area contributed by atoms with Crippen molar-refractivity contribution in [2.24, 2.45) is 0 Å². The molecule has 1 saturated heterocycles. The minimum Gasteiger partial charge on any atom is -0.339 e. The third kappa shape index (κ3) is 5.73. The first-order valence-corrected chi connectivity index (χ1v) is 12.3. The van der Waals surface area contributed by atoms with Crippen molar-refractivity contribution in [1.82, 2.24) is 24.8 Å². The average Bonchev–Trinajstić information content (AvgIpc) is 3.41. The number of piperazine rings is 1. The summed E-state index contributed by atoms with van der Waals surface area (Å²) in [7, 11) is 0. The monoisotopic (exact) mass is 496 g/mol. The van der Waals surface area contributed by atoms with Crippen LogP contribution in [0.5, 0.6) is 0 Å². The second-order valence-electron chi connectivity index (χ2n) is 9.11. The van der Waals surface area contributed by atoms with Crippen LogP contribution in [0.15, 0.2) is 91.1 Å². The number of benzene rings is 3. The van der Waals surface area contributed by atoms with E-state index in [9.17, 15) is 14.9 Å². The Hall–Kier alpha value is -4.37. The minimum absolute atomic E-state index is 0.0412. The first-order valence-electron chi connectivity index (χ1n) is 12.3. The van der Waals surface area contributed by atoms with Crippen molar-refractivity contribution in [2.75, 3.05) is 26.2 Å². The zero-order chi connectivity index (χ0) is 25.6. The largest absolute Gasteiger partial charge is 0.339 e. The fourth-order valence-electron chi connectivity index (χ4n) is 4.84. The number of rotatable bonds is 8. The van der Waals surface area contributed by atoms with Crippen molar-refractivity contribution < 1.29 is 9.72 Å². The molecular weight excluding hydrogens is 468 g/mol. The van der Waals surface area contributed by atoms with Gasteiger partial charge in [-0.05, 0) is 23.6 Å². The van der Waals surface area contributed by atoms with E-state index in [4.69, 9.17) is 0 Å². The molecule has 2 heterocycles. The van der Waals surface area contributed by atoms with E-state index in [1.54, 1.807) is 24.4 Å². The van der Waals surface area contributed by atoms with Gasteiger partial charge >= 0.3 is 0 Å². The van der Waals surface area contributed by atoms with E-state index in [-0.39, 0.29) is 24.2 Å². The van der Waals surface area contributed by atoms with Crippen molar-refractivity contribution in [3.05, 3.63) is 112 Å². The SMILES string of the molecule is O=C(Cn1cc(-c2ccccc2[N+](=O)[O-])nn1)N1CCN([C@@H](Cc2ccccc2)c2ccccc2)CC1. The van der Waals surface area contributed by atoms with Crippen molar-refractivity contribution in [1.29, 1.82) is 0 Å². The quantitative estimate of drug-likeness (QED) is 0.270. The third-order valence-electron chi connectivity index (χ3n) is 6.78. The van der Waals surface area contributed by atoms with Crippen LogP contribution in [0.4, 0.5) is 5.69 Å². The lowest BCUT2D eigenvalue weighted by molar-refractivity contribution is -0.384. The van der Waals surface area contributed by atoms with Crippen molar-refractivity contribution in [2.45, 2.75) is 19.0 Å². The Morgan fingerprint density at radius 1 is 0.892 bits per heavy atom. The predicted octanol–water partition coefficient (Wildman–Crippen LogP) is 3.98. The van der Waals surface area contributed by atoms with Gasteiger partial charge in [0.1, 0.15) is 12.2 Å². The smallest absolute Gasteiger partial charge is 0.278 e. The number of nitro groups is 1. The molecule has 1 atom stereocenters. The molecule has 0 saturated carbocycles. The van der Waals surface area contributed by atoms with Gasteiger partial charge in [-0.15, -0.1) is 5.10 Å². The Bertz CT molecular complexity index is 1350. The van der Waals surface area contributed by atoms with Gasteiger partial charge in [-0.2, -0.15) is 0 Å². The molecule has 1 aliphatic rings. The predicted molar refractivity (Wildman–Crippen MR) is 140 cm³/mol. The summed E-state index contributed by atoms with van der Waals surface area (Å²) in [6.45, 7) is 2.85. The highest BCUT2D eigenvalue weighted by Gasteiger charge is 2.27. The first kappa shape index (κ1) is 24.3. The van der Waals surface area contributed by atoms with Crippen LogP contribution in [0.2, 0.25) is 0 Å². The molecule has 1 aromatic heterocycles. The molecule has 5 rings (SSSR count). The second kappa shape index (κ2) is 11.1. The number of nitrogens with zero attached hydrogens (tertiary/aromatic N) is 6. The Morgan fingerprint density at radius 3 is 2.24 bits per heavy atom. The van der Waals surface area contributed by atoms with E-state index in [1.807, 2.05) is 17.0 Å². The zero-order valence-corrected chi connectivity index (χ0v) is 20.4. The van der Waals surface area contributed by atoms with Crippen molar-refractivity contribution >= 4 is 11.6 Å². The molecule has 4 aromatic rings. The van der Waals surface area contributed by atoms with Gasteiger partial charge in [0, 0.05) is 38.3 Å². The van der Waals surface area contributed by atoms with Gasteiger partial charge in [-0.25, -0.2) is 4.68 Å². The summed E-state index contributed by atoms with van der Waals surface area (Å²) in [5.74, 6) is -0.0435. The molecule has 1 fully saturated rings. The maximum Gasteiger partial charge on any atom is 0.278 e. The molecule has 188 valence electrons. The van der Waals surface area contributed by atoms with E-state index in [0.717, 1.165) is 19.5 Å². The van der Waals surface area contributed by atoms with E-state index < -0.39 is 4.92 Å². The van der Waals surface area contributed by atoms with Gasteiger partial charge < -0.3 is 4.90 Å². The standard InChI is InChI=1S/C28H28N6O3/c35-28(21-33-20-25(29-30-33)24-13-7-8-14-26(24)34(36)37)32-17-15-31(16-18-32)27(23-11-5-2-6-12-23)19-22-9-3-1-4-10-22/h1-14,20,27H,15-19,21H2/t27-/m0/s1. The molecule has 0 spiro atoms. The lowest BCUT2D eigenvalue weighted by Gasteiger charge is -2.39. The van der Waals surface area contributed by atoms with Gasteiger partial charge in [-0.1, -0.05) is 78.0 Å². The third-order valence-corrected chi connectivity index (χ3v) is 6.78.